The van der Waals surface area contributed by atoms with Gasteiger partial charge in [0.2, 0.25) is 0 Å². The third kappa shape index (κ3) is 2.27. The first-order valence-electron chi connectivity index (χ1n) is 5.95. The molecule has 5 heteroatoms. The summed E-state index contributed by atoms with van der Waals surface area (Å²) in [5, 5.41) is 4.09. The Bertz CT molecular complexity index is 535. The number of ether oxygens (including phenoxy) is 1. The normalized spacial score (nSPS) is 19.9. The molecule has 0 radical (unpaired) electrons. The molecular weight excluding hydrogens is 250 g/mol. The molecule has 1 atom stereocenters. The Hall–Kier alpha value is -1.36. The number of H-pyrrole nitrogens is 1. The average Bonchev–Trinajstić information content (AvgIpc) is 2.90. The zero-order valence-corrected chi connectivity index (χ0v) is 10.6. The maximum Gasteiger partial charge on any atom is 0.126 e. The molecule has 0 aliphatic carbocycles. The number of aromatic amines is 1. The van der Waals surface area contributed by atoms with Crippen LogP contribution in [0.3, 0.4) is 0 Å². The number of rotatable bonds is 2. The van der Waals surface area contributed by atoms with Crippen molar-refractivity contribution in [3.63, 3.8) is 0 Å². The van der Waals surface area contributed by atoms with Gasteiger partial charge in [0.1, 0.15) is 5.82 Å². The fourth-order valence-electron chi connectivity index (χ4n) is 2.07. The molecule has 0 bridgehead atoms. The summed E-state index contributed by atoms with van der Waals surface area (Å²) in [4.78, 5) is 7.70. The van der Waals surface area contributed by atoms with Gasteiger partial charge in [-0.3, -0.25) is 0 Å². The Morgan fingerprint density at radius 1 is 1.33 bits per heavy atom. The highest BCUT2D eigenvalue weighted by Gasteiger charge is 2.18. The summed E-state index contributed by atoms with van der Waals surface area (Å²) >= 11 is 6.17. The van der Waals surface area contributed by atoms with E-state index in [2.05, 4.69) is 15.3 Å². The Kier molecular flexibility index (Phi) is 3.32. The molecule has 94 valence electrons. The molecule has 2 heterocycles. The molecule has 1 unspecified atom stereocenters. The Labute approximate surface area is 110 Å². The lowest BCUT2D eigenvalue weighted by atomic mass is 10.2. The Morgan fingerprint density at radius 3 is 3.00 bits per heavy atom. The van der Waals surface area contributed by atoms with Crippen LogP contribution >= 0.6 is 11.6 Å². The van der Waals surface area contributed by atoms with Crippen molar-refractivity contribution in [3.8, 4) is 11.3 Å². The van der Waals surface area contributed by atoms with Crippen LogP contribution in [-0.2, 0) is 4.74 Å². The molecule has 1 aliphatic heterocycles. The van der Waals surface area contributed by atoms with Gasteiger partial charge in [-0.15, -0.1) is 0 Å². The number of nitrogens with zero attached hydrogens (tertiary/aromatic N) is 1. The van der Waals surface area contributed by atoms with Crippen molar-refractivity contribution >= 4 is 11.6 Å². The second-order valence-electron chi connectivity index (χ2n) is 4.24. The number of aromatic nitrogens is 2. The average molecular weight is 264 g/mol. The maximum absolute atomic E-state index is 6.17. The SMILES string of the molecule is Clc1ccccc1-c1cnc(C2COCCN2)[nH]1. The van der Waals surface area contributed by atoms with Crippen LogP contribution in [0.1, 0.15) is 11.9 Å². The summed E-state index contributed by atoms with van der Waals surface area (Å²) in [5.41, 5.74) is 1.90. The Morgan fingerprint density at radius 2 is 2.22 bits per heavy atom. The fraction of sp³-hybridized carbons (Fsp3) is 0.308. The first-order valence-corrected chi connectivity index (χ1v) is 6.33. The van der Waals surface area contributed by atoms with Crippen molar-refractivity contribution in [2.24, 2.45) is 0 Å². The van der Waals surface area contributed by atoms with Crippen molar-refractivity contribution in [2.45, 2.75) is 6.04 Å². The van der Waals surface area contributed by atoms with Gasteiger partial charge in [-0.25, -0.2) is 4.98 Å². The van der Waals surface area contributed by atoms with Crippen molar-refractivity contribution in [2.75, 3.05) is 19.8 Å². The second-order valence-corrected chi connectivity index (χ2v) is 4.65. The van der Waals surface area contributed by atoms with Gasteiger partial charge < -0.3 is 15.0 Å². The van der Waals surface area contributed by atoms with E-state index in [1.807, 2.05) is 30.5 Å². The fourth-order valence-corrected chi connectivity index (χ4v) is 2.31. The molecule has 18 heavy (non-hydrogen) atoms. The van der Waals surface area contributed by atoms with E-state index in [-0.39, 0.29) is 6.04 Å². The molecule has 3 rings (SSSR count). The highest BCUT2D eigenvalue weighted by molar-refractivity contribution is 6.33. The maximum atomic E-state index is 6.17. The predicted molar refractivity (Wildman–Crippen MR) is 70.6 cm³/mol. The van der Waals surface area contributed by atoms with Crippen LogP contribution in [0.2, 0.25) is 5.02 Å². The van der Waals surface area contributed by atoms with Gasteiger partial charge in [0, 0.05) is 17.1 Å². The zero-order chi connectivity index (χ0) is 12.4. The number of halogens is 1. The van der Waals surface area contributed by atoms with Crippen LogP contribution < -0.4 is 5.32 Å². The molecule has 1 fully saturated rings. The molecular formula is C13H14ClN3O. The highest BCUT2D eigenvalue weighted by atomic mass is 35.5. The zero-order valence-electron chi connectivity index (χ0n) is 9.82. The van der Waals surface area contributed by atoms with Gasteiger partial charge in [-0.05, 0) is 6.07 Å². The molecule has 2 aromatic rings. The van der Waals surface area contributed by atoms with E-state index >= 15 is 0 Å². The van der Waals surface area contributed by atoms with Gasteiger partial charge in [0.15, 0.2) is 0 Å². The minimum Gasteiger partial charge on any atom is -0.378 e. The van der Waals surface area contributed by atoms with Crippen molar-refractivity contribution in [3.05, 3.63) is 41.3 Å². The van der Waals surface area contributed by atoms with Crippen LogP contribution in [0.15, 0.2) is 30.5 Å². The Balaban J connectivity index is 1.87. The van der Waals surface area contributed by atoms with Gasteiger partial charge in [-0.1, -0.05) is 29.8 Å². The summed E-state index contributed by atoms with van der Waals surface area (Å²) in [6.07, 6.45) is 1.81. The monoisotopic (exact) mass is 263 g/mol. The topological polar surface area (TPSA) is 49.9 Å². The second kappa shape index (κ2) is 5.10. The van der Waals surface area contributed by atoms with Crippen molar-refractivity contribution in [1.29, 1.82) is 0 Å². The molecule has 1 aromatic heterocycles. The highest BCUT2D eigenvalue weighted by Crippen LogP contribution is 2.27. The largest absolute Gasteiger partial charge is 0.378 e. The van der Waals surface area contributed by atoms with Crippen LogP contribution in [0.4, 0.5) is 0 Å². The minimum atomic E-state index is 0.134. The van der Waals surface area contributed by atoms with Gasteiger partial charge in [-0.2, -0.15) is 0 Å². The number of morpholine rings is 1. The van der Waals surface area contributed by atoms with E-state index < -0.39 is 0 Å². The number of imidazole rings is 1. The first-order chi connectivity index (χ1) is 8.84. The summed E-state index contributed by atoms with van der Waals surface area (Å²) in [7, 11) is 0. The summed E-state index contributed by atoms with van der Waals surface area (Å²) in [6.45, 7) is 2.26. The lowest BCUT2D eigenvalue weighted by molar-refractivity contribution is 0.0745. The van der Waals surface area contributed by atoms with Gasteiger partial charge >= 0.3 is 0 Å². The molecule has 0 amide bonds. The van der Waals surface area contributed by atoms with E-state index in [4.69, 9.17) is 16.3 Å². The smallest absolute Gasteiger partial charge is 0.126 e. The molecule has 4 nitrogen and oxygen atoms in total. The van der Waals surface area contributed by atoms with E-state index in [0.29, 0.717) is 6.61 Å². The van der Waals surface area contributed by atoms with Crippen molar-refractivity contribution in [1.82, 2.24) is 15.3 Å². The minimum absolute atomic E-state index is 0.134. The lowest BCUT2D eigenvalue weighted by Gasteiger charge is -2.21. The number of hydrogen-bond acceptors (Lipinski definition) is 3. The first kappa shape index (κ1) is 11.7. The van der Waals surface area contributed by atoms with Gasteiger partial charge in [0.25, 0.3) is 0 Å². The number of hydrogen-bond donors (Lipinski definition) is 2. The quantitative estimate of drug-likeness (QED) is 0.875. The van der Waals surface area contributed by atoms with Gasteiger partial charge in [0.05, 0.1) is 31.1 Å². The van der Waals surface area contributed by atoms with Crippen LogP contribution in [0.25, 0.3) is 11.3 Å². The van der Waals surface area contributed by atoms with E-state index in [1.54, 1.807) is 0 Å². The standard InChI is InChI=1S/C13H14ClN3O/c14-10-4-2-1-3-9(10)11-7-16-13(17-11)12-8-18-6-5-15-12/h1-4,7,12,15H,5-6,8H2,(H,16,17). The third-order valence-corrected chi connectivity index (χ3v) is 3.34. The molecule has 1 aromatic carbocycles. The summed E-state index contributed by atoms with van der Waals surface area (Å²) in [6, 6.07) is 7.86. The van der Waals surface area contributed by atoms with Crippen LogP contribution in [0, 0.1) is 0 Å². The lowest BCUT2D eigenvalue weighted by Crippen LogP contribution is -2.35. The molecule has 1 aliphatic rings. The predicted octanol–water partition coefficient (Wildman–Crippen LogP) is 2.39. The van der Waals surface area contributed by atoms with Crippen LogP contribution in [0.5, 0.6) is 0 Å². The third-order valence-electron chi connectivity index (χ3n) is 3.01. The molecule has 2 N–H and O–H groups in total. The van der Waals surface area contributed by atoms with Crippen molar-refractivity contribution < 1.29 is 4.74 Å². The van der Waals surface area contributed by atoms with E-state index in [0.717, 1.165) is 35.3 Å². The summed E-state index contributed by atoms with van der Waals surface area (Å²) in [5.74, 6) is 0.893. The molecule has 0 spiro atoms. The van der Waals surface area contributed by atoms with Crippen LogP contribution in [-0.4, -0.2) is 29.7 Å². The molecule has 0 saturated carbocycles. The van der Waals surface area contributed by atoms with E-state index in [1.165, 1.54) is 0 Å². The summed E-state index contributed by atoms with van der Waals surface area (Å²) < 4.78 is 5.43. The number of nitrogens with one attached hydrogen (secondary N) is 2. The number of benzene rings is 1. The molecule has 1 saturated heterocycles. The van der Waals surface area contributed by atoms with E-state index in [9.17, 15) is 0 Å².